The standard InChI is InChI=1S/C13H15N3O3/c1-18-8-12(13(17)16-14)19-11-6-2-5-10-9(11)4-3-7-15-10/h2-7,12H,8,14H2,1H3,(H,16,17). The van der Waals surface area contributed by atoms with Crippen LogP contribution in [0.25, 0.3) is 10.9 Å². The maximum absolute atomic E-state index is 11.6. The molecule has 1 aromatic carbocycles. The minimum absolute atomic E-state index is 0.111. The summed E-state index contributed by atoms with van der Waals surface area (Å²) in [4.78, 5) is 15.8. The van der Waals surface area contributed by atoms with Gasteiger partial charge in [-0.2, -0.15) is 0 Å². The van der Waals surface area contributed by atoms with E-state index in [9.17, 15) is 4.79 Å². The van der Waals surface area contributed by atoms with Gasteiger partial charge in [-0.25, -0.2) is 5.84 Å². The molecule has 6 heteroatoms. The number of hydrazine groups is 1. The lowest BCUT2D eigenvalue weighted by atomic mass is 10.2. The van der Waals surface area contributed by atoms with Crippen LogP contribution in [0.5, 0.6) is 5.75 Å². The number of pyridine rings is 1. The largest absolute Gasteiger partial charge is 0.477 e. The Morgan fingerprint density at radius 1 is 1.42 bits per heavy atom. The zero-order valence-corrected chi connectivity index (χ0v) is 10.5. The number of ether oxygens (including phenoxy) is 2. The molecule has 0 aliphatic heterocycles. The first kappa shape index (κ1) is 13.3. The van der Waals surface area contributed by atoms with Crippen molar-refractivity contribution in [3.8, 4) is 5.75 Å². The summed E-state index contributed by atoms with van der Waals surface area (Å²) >= 11 is 0. The fraction of sp³-hybridized carbons (Fsp3) is 0.231. The van der Waals surface area contributed by atoms with Gasteiger partial charge in [-0.15, -0.1) is 0 Å². The number of hydrogen-bond donors (Lipinski definition) is 2. The number of carbonyl (C=O) groups excluding carboxylic acids is 1. The number of hydrogen-bond acceptors (Lipinski definition) is 5. The average molecular weight is 261 g/mol. The number of nitrogens with one attached hydrogen (secondary N) is 1. The van der Waals surface area contributed by atoms with Gasteiger partial charge in [-0.05, 0) is 24.3 Å². The molecule has 0 aliphatic carbocycles. The highest BCUT2D eigenvalue weighted by atomic mass is 16.5. The highest BCUT2D eigenvalue weighted by Gasteiger charge is 2.20. The van der Waals surface area contributed by atoms with Gasteiger partial charge in [0.25, 0.3) is 5.91 Å². The maximum atomic E-state index is 11.6. The van der Waals surface area contributed by atoms with Gasteiger partial charge < -0.3 is 9.47 Å². The number of fused-ring (bicyclic) bond motifs is 1. The predicted molar refractivity (Wildman–Crippen MR) is 70.4 cm³/mol. The summed E-state index contributed by atoms with van der Waals surface area (Å²) in [6.07, 6.45) is 0.895. The summed E-state index contributed by atoms with van der Waals surface area (Å²) in [5.41, 5.74) is 2.85. The van der Waals surface area contributed by atoms with Crippen LogP contribution < -0.4 is 16.0 Å². The molecule has 2 rings (SSSR count). The molecule has 1 aromatic heterocycles. The Morgan fingerprint density at radius 3 is 3.00 bits per heavy atom. The molecule has 0 fully saturated rings. The molecule has 1 amide bonds. The van der Waals surface area contributed by atoms with E-state index in [2.05, 4.69) is 10.4 Å². The Bertz CT molecular complexity index is 569. The summed E-state index contributed by atoms with van der Waals surface area (Å²) < 4.78 is 10.6. The van der Waals surface area contributed by atoms with Crippen LogP contribution >= 0.6 is 0 Å². The van der Waals surface area contributed by atoms with E-state index in [4.69, 9.17) is 15.3 Å². The predicted octanol–water partition coefficient (Wildman–Crippen LogP) is 0.619. The molecule has 0 bridgehead atoms. The number of amides is 1. The maximum Gasteiger partial charge on any atom is 0.277 e. The Labute approximate surface area is 110 Å². The molecule has 0 saturated heterocycles. The van der Waals surface area contributed by atoms with Crippen molar-refractivity contribution in [3.63, 3.8) is 0 Å². The van der Waals surface area contributed by atoms with Gasteiger partial charge in [0.2, 0.25) is 6.10 Å². The summed E-state index contributed by atoms with van der Waals surface area (Å²) in [5.74, 6) is 5.25. The van der Waals surface area contributed by atoms with Gasteiger partial charge in [0, 0.05) is 18.7 Å². The Hall–Kier alpha value is -2.18. The van der Waals surface area contributed by atoms with Gasteiger partial charge in [0.15, 0.2) is 0 Å². The zero-order valence-electron chi connectivity index (χ0n) is 10.5. The number of nitrogens with two attached hydrogens (primary N) is 1. The summed E-state index contributed by atoms with van der Waals surface area (Å²) in [5, 5.41) is 0.830. The summed E-state index contributed by atoms with van der Waals surface area (Å²) in [6, 6.07) is 9.15. The monoisotopic (exact) mass is 261 g/mol. The van der Waals surface area contributed by atoms with Crippen LogP contribution in [0.1, 0.15) is 0 Å². The molecule has 1 atom stereocenters. The fourth-order valence-corrected chi connectivity index (χ4v) is 1.74. The van der Waals surface area contributed by atoms with Crippen LogP contribution in [0.15, 0.2) is 36.5 Å². The number of carbonyl (C=O) groups is 1. The molecule has 2 aromatic rings. The first-order valence-corrected chi connectivity index (χ1v) is 5.76. The number of rotatable bonds is 5. The Kier molecular flexibility index (Phi) is 4.27. The third-order valence-electron chi connectivity index (χ3n) is 2.63. The van der Waals surface area contributed by atoms with Gasteiger partial charge in [0.05, 0.1) is 12.1 Å². The molecule has 0 saturated carbocycles. The third kappa shape index (κ3) is 2.98. The van der Waals surface area contributed by atoms with Crippen molar-refractivity contribution in [2.75, 3.05) is 13.7 Å². The first-order valence-electron chi connectivity index (χ1n) is 5.76. The van der Waals surface area contributed by atoms with Crippen molar-refractivity contribution < 1.29 is 14.3 Å². The first-order chi connectivity index (χ1) is 9.26. The SMILES string of the molecule is COCC(Oc1cccc2ncccc12)C(=O)NN. The average Bonchev–Trinajstić information content (AvgIpc) is 2.46. The van der Waals surface area contributed by atoms with Crippen molar-refractivity contribution in [1.82, 2.24) is 10.4 Å². The molecule has 100 valence electrons. The molecule has 6 nitrogen and oxygen atoms in total. The normalized spacial score (nSPS) is 12.1. The molecule has 1 unspecified atom stereocenters. The van der Waals surface area contributed by atoms with Crippen LogP contribution in [-0.2, 0) is 9.53 Å². The summed E-state index contributed by atoms with van der Waals surface area (Å²) in [6.45, 7) is 0.111. The Balaban J connectivity index is 2.31. The molecule has 19 heavy (non-hydrogen) atoms. The van der Waals surface area contributed by atoms with Gasteiger partial charge in [-0.1, -0.05) is 6.07 Å². The number of benzene rings is 1. The lowest BCUT2D eigenvalue weighted by molar-refractivity contribution is -0.130. The zero-order chi connectivity index (χ0) is 13.7. The van der Waals surface area contributed by atoms with Gasteiger partial charge in [0.1, 0.15) is 5.75 Å². The van der Waals surface area contributed by atoms with E-state index in [1.165, 1.54) is 7.11 Å². The highest BCUT2D eigenvalue weighted by Crippen LogP contribution is 2.24. The lowest BCUT2D eigenvalue weighted by Gasteiger charge is -2.17. The molecule has 0 spiro atoms. The van der Waals surface area contributed by atoms with Gasteiger partial charge in [-0.3, -0.25) is 15.2 Å². The minimum atomic E-state index is -0.805. The van der Waals surface area contributed by atoms with Crippen LogP contribution in [0, 0.1) is 0 Å². The quantitative estimate of drug-likeness (QED) is 0.468. The van der Waals surface area contributed by atoms with Crippen molar-refractivity contribution in [2.45, 2.75) is 6.10 Å². The van der Waals surface area contributed by atoms with E-state index in [0.29, 0.717) is 5.75 Å². The number of methoxy groups -OCH3 is 1. The smallest absolute Gasteiger partial charge is 0.277 e. The second-order valence-corrected chi connectivity index (χ2v) is 3.90. The van der Waals surface area contributed by atoms with Crippen LogP contribution in [0.3, 0.4) is 0 Å². The minimum Gasteiger partial charge on any atom is -0.477 e. The second kappa shape index (κ2) is 6.12. The molecule has 0 aliphatic rings. The van der Waals surface area contributed by atoms with E-state index in [1.54, 1.807) is 12.3 Å². The number of aromatic nitrogens is 1. The molecule has 0 radical (unpaired) electrons. The van der Waals surface area contributed by atoms with Crippen molar-refractivity contribution in [2.24, 2.45) is 5.84 Å². The van der Waals surface area contributed by atoms with Gasteiger partial charge >= 0.3 is 0 Å². The van der Waals surface area contributed by atoms with E-state index < -0.39 is 12.0 Å². The Morgan fingerprint density at radius 2 is 2.26 bits per heavy atom. The molecule has 3 N–H and O–H groups in total. The lowest BCUT2D eigenvalue weighted by Crippen LogP contribution is -2.44. The summed E-state index contributed by atoms with van der Waals surface area (Å²) in [7, 11) is 1.49. The fourth-order valence-electron chi connectivity index (χ4n) is 1.74. The van der Waals surface area contributed by atoms with E-state index >= 15 is 0 Å². The van der Waals surface area contributed by atoms with Crippen LogP contribution in [-0.4, -0.2) is 30.7 Å². The van der Waals surface area contributed by atoms with Crippen LogP contribution in [0.2, 0.25) is 0 Å². The number of nitrogens with zero attached hydrogens (tertiary/aromatic N) is 1. The third-order valence-corrected chi connectivity index (χ3v) is 2.63. The topological polar surface area (TPSA) is 86.5 Å². The van der Waals surface area contributed by atoms with E-state index in [-0.39, 0.29) is 6.61 Å². The van der Waals surface area contributed by atoms with Crippen molar-refractivity contribution in [3.05, 3.63) is 36.5 Å². The molecular formula is C13H15N3O3. The van der Waals surface area contributed by atoms with Crippen molar-refractivity contribution in [1.29, 1.82) is 0 Å². The van der Waals surface area contributed by atoms with E-state index in [0.717, 1.165) is 10.9 Å². The second-order valence-electron chi connectivity index (χ2n) is 3.90. The van der Waals surface area contributed by atoms with E-state index in [1.807, 2.05) is 24.3 Å². The molecule has 1 heterocycles. The van der Waals surface area contributed by atoms with Crippen LogP contribution in [0.4, 0.5) is 0 Å². The van der Waals surface area contributed by atoms with Crippen molar-refractivity contribution >= 4 is 16.8 Å². The highest BCUT2D eigenvalue weighted by molar-refractivity contribution is 5.86. The molecular weight excluding hydrogens is 246 g/mol.